The van der Waals surface area contributed by atoms with Gasteiger partial charge in [-0.2, -0.15) is 0 Å². The lowest BCUT2D eigenvalue weighted by atomic mass is 9.96. The molecule has 0 amide bonds. The Hall–Kier alpha value is -0.870. The maximum absolute atomic E-state index is 5.87. The van der Waals surface area contributed by atoms with Crippen LogP contribution in [-0.2, 0) is 11.3 Å². The number of ether oxygens (including phenoxy) is 1. The highest BCUT2D eigenvalue weighted by Crippen LogP contribution is 2.21. The van der Waals surface area contributed by atoms with Crippen molar-refractivity contribution in [1.29, 1.82) is 0 Å². The first-order chi connectivity index (χ1) is 7.18. The van der Waals surface area contributed by atoms with Crippen molar-refractivity contribution in [3.8, 4) is 0 Å². The summed E-state index contributed by atoms with van der Waals surface area (Å²) in [5, 5.41) is 7.18. The van der Waals surface area contributed by atoms with Gasteiger partial charge in [0.05, 0.1) is 11.3 Å². The molecule has 0 spiro atoms. The molecule has 0 aromatic carbocycles. The van der Waals surface area contributed by atoms with Gasteiger partial charge in [0, 0.05) is 12.6 Å². The normalized spacial score (nSPS) is 26.8. The van der Waals surface area contributed by atoms with Crippen LogP contribution in [0.1, 0.15) is 31.2 Å². The SMILES string of the molecule is Cc1cc(COC2(C)CCCNC2)on1. The van der Waals surface area contributed by atoms with E-state index in [1.807, 2.05) is 13.0 Å². The Labute approximate surface area is 90.0 Å². The van der Waals surface area contributed by atoms with Crippen LogP contribution in [0.4, 0.5) is 0 Å². The van der Waals surface area contributed by atoms with Gasteiger partial charge in [0.2, 0.25) is 0 Å². The fourth-order valence-corrected chi connectivity index (χ4v) is 1.88. The molecule has 1 atom stereocenters. The molecular weight excluding hydrogens is 192 g/mol. The second-order valence-corrected chi connectivity index (χ2v) is 4.45. The Morgan fingerprint density at radius 3 is 3.13 bits per heavy atom. The smallest absolute Gasteiger partial charge is 0.162 e. The van der Waals surface area contributed by atoms with E-state index < -0.39 is 0 Å². The molecule has 1 fully saturated rings. The van der Waals surface area contributed by atoms with Gasteiger partial charge in [-0.05, 0) is 33.2 Å². The summed E-state index contributed by atoms with van der Waals surface area (Å²) in [7, 11) is 0. The molecule has 15 heavy (non-hydrogen) atoms. The topological polar surface area (TPSA) is 47.3 Å². The lowest BCUT2D eigenvalue weighted by molar-refractivity contribution is -0.0639. The summed E-state index contributed by atoms with van der Waals surface area (Å²) < 4.78 is 11.0. The second-order valence-electron chi connectivity index (χ2n) is 4.45. The molecule has 1 saturated heterocycles. The molecule has 84 valence electrons. The zero-order valence-corrected chi connectivity index (χ0v) is 9.38. The summed E-state index contributed by atoms with van der Waals surface area (Å²) in [5.41, 5.74) is 0.847. The van der Waals surface area contributed by atoms with E-state index in [9.17, 15) is 0 Å². The molecule has 1 unspecified atom stereocenters. The van der Waals surface area contributed by atoms with Gasteiger partial charge in [0.25, 0.3) is 0 Å². The third kappa shape index (κ3) is 2.79. The molecule has 0 aliphatic carbocycles. The minimum Gasteiger partial charge on any atom is -0.366 e. The first-order valence-corrected chi connectivity index (χ1v) is 5.45. The first-order valence-electron chi connectivity index (χ1n) is 5.45. The zero-order chi connectivity index (χ0) is 10.7. The molecule has 2 rings (SSSR count). The summed E-state index contributed by atoms with van der Waals surface area (Å²) in [4.78, 5) is 0. The van der Waals surface area contributed by atoms with Crippen molar-refractivity contribution in [2.45, 2.75) is 38.9 Å². The van der Waals surface area contributed by atoms with Crippen molar-refractivity contribution in [3.05, 3.63) is 17.5 Å². The molecule has 4 heteroatoms. The predicted molar refractivity (Wildman–Crippen MR) is 56.5 cm³/mol. The third-order valence-corrected chi connectivity index (χ3v) is 2.80. The Balaban J connectivity index is 1.86. The van der Waals surface area contributed by atoms with Crippen molar-refractivity contribution >= 4 is 0 Å². The zero-order valence-electron chi connectivity index (χ0n) is 9.38. The van der Waals surface area contributed by atoms with Crippen molar-refractivity contribution in [2.75, 3.05) is 13.1 Å². The van der Waals surface area contributed by atoms with Crippen molar-refractivity contribution < 1.29 is 9.26 Å². The summed E-state index contributed by atoms with van der Waals surface area (Å²) in [6, 6.07) is 1.92. The van der Waals surface area contributed by atoms with Gasteiger partial charge < -0.3 is 14.6 Å². The molecule has 4 nitrogen and oxygen atoms in total. The summed E-state index contributed by atoms with van der Waals surface area (Å²) in [6.45, 7) is 6.58. The molecule has 1 aromatic heterocycles. The first kappa shape index (κ1) is 10.6. The van der Waals surface area contributed by atoms with Crippen LogP contribution in [0.15, 0.2) is 10.6 Å². The van der Waals surface area contributed by atoms with E-state index in [1.165, 1.54) is 6.42 Å². The quantitative estimate of drug-likeness (QED) is 0.824. The highest BCUT2D eigenvalue weighted by atomic mass is 16.5. The molecule has 2 heterocycles. The average molecular weight is 210 g/mol. The van der Waals surface area contributed by atoms with Crippen LogP contribution in [0.3, 0.4) is 0 Å². The summed E-state index contributed by atoms with van der Waals surface area (Å²) >= 11 is 0. The fourth-order valence-electron chi connectivity index (χ4n) is 1.88. The van der Waals surface area contributed by atoms with Crippen LogP contribution in [0.25, 0.3) is 0 Å². The number of rotatable bonds is 3. The number of nitrogens with one attached hydrogen (secondary N) is 1. The number of aryl methyl sites for hydroxylation is 1. The van der Waals surface area contributed by atoms with Gasteiger partial charge in [-0.3, -0.25) is 0 Å². The highest BCUT2D eigenvalue weighted by molar-refractivity contribution is 5.02. The molecule has 0 bridgehead atoms. The van der Waals surface area contributed by atoms with Crippen molar-refractivity contribution in [3.63, 3.8) is 0 Å². The van der Waals surface area contributed by atoms with E-state index in [0.717, 1.165) is 31.0 Å². The Bertz CT molecular complexity index is 316. The summed E-state index contributed by atoms with van der Waals surface area (Å²) in [5.74, 6) is 0.805. The molecule has 0 radical (unpaired) electrons. The van der Waals surface area contributed by atoms with Gasteiger partial charge in [0.15, 0.2) is 5.76 Å². The van der Waals surface area contributed by atoms with E-state index in [1.54, 1.807) is 0 Å². The molecule has 1 aliphatic heterocycles. The Morgan fingerprint density at radius 2 is 2.53 bits per heavy atom. The van der Waals surface area contributed by atoms with Crippen LogP contribution >= 0.6 is 0 Å². The second kappa shape index (κ2) is 4.33. The van der Waals surface area contributed by atoms with Gasteiger partial charge in [-0.15, -0.1) is 0 Å². The Kier molecular flexibility index (Phi) is 3.07. The minimum absolute atomic E-state index is 0.0566. The molecule has 0 saturated carbocycles. The number of hydrogen-bond donors (Lipinski definition) is 1. The monoisotopic (exact) mass is 210 g/mol. The maximum atomic E-state index is 5.87. The third-order valence-electron chi connectivity index (χ3n) is 2.80. The number of hydrogen-bond acceptors (Lipinski definition) is 4. The van der Waals surface area contributed by atoms with E-state index in [0.29, 0.717) is 6.61 Å². The van der Waals surface area contributed by atoms with Crippen LogP contribution in [-0.4, -0.2) is 23.8 Å². The fraction of sp³-hybridized carbons (Fsp3) is 0.727. The van der Waals surface area contributed by atoms with Crippen LogP contribution in [0.2, 0.25) is 0 Å². The standard InChI is InChI=1S/C11H18N2O2/c1-9-6-10(15-13-9)7-14-11(2)4-3-5-12-8-11/h6,12H,3-5,7-8H2,1-2H3. The van der Waals surface area contributed by atoms with Gasteiger partial charge >= 0.3 is 0 Å². The summed E-state index contributed by atoms with van der Waals surface area (Å²) in [6.07, 6.45) is 2.28. The minimum atomic E-state index is -0.0566. The highest BCUT2D eigenvalue weighted by Gasteiger charge is 2.27. The van der Waals surface area contributed by atoms with Crippen LogP contribution in [0.5, 0.6) is 0 Å². The number of piperidine rings is 1. The maximum Gasteiger partial charge on any atom is 0.162 e. The molecule has 1 N–H and O–H groups in total. The van der Waals surface area contributed by atoms with Gasteiger partial charge in [-0.25, -0.2) is 0 Å². The molecule has 1 aromatic rings. The largest absolute Gasteiger partial charge is 0.366 e. The lowest BCUT2D eigenvalue weighted by Crippen LogP contribution is -2.45. The number of aromatic nitrogens is 1. The Morgan fingerprint density at radius 1 is 1.67 bits per heavy atom. The molecular formula is C11H18N2O2. The lowest BCUT2D eigenvalue weighted by Gasteiger charge is -2.33. The van der Waals surface area contributed by atoms with E-state index in [-0.39, 0.29) is 5.60 Å². The van der Waals surface area contributed by atoms with E-state index >= 15 is 0 Å². The van der Waals surface area contributed by atoms with Crippen LogP contribution < -0.4 is 5.32 Å². The average Bonchev–Trinajstić information content (AvgIpc) is 2.63. The van der Waals surface area contributed by atoms with Gasteiger partial charge in [0.1, 0.15) is 6.61 Å². The van der Waals surface area contributed by atoms with Gasteiger partial charge in [-0.1, -0.05) is 5.16 Å². The van der Waals surface area contributed by atoms with Crippen molar-refractivity contribution in [1.82, 2.24) is 10.5 Å². The van der Waals surface area contributed by atoms with Crippen molar-refractivity contribution in [2.24, 2.45) is 0 Å². The predicted octanol–water partition coefficient (Wildman–Crippen LogP) is 1.64. The number of nitrogens with zero attached hydrogens (tertiary/aromatic N) is 1. The molecule has 1 aliphatic rings. The van der Waals surface area contributed by atoms with E-state index in [4.69, 9.17) is 9.26 Å². The van der Waals surface area contributed by atoms with Crippen LogP contribution in [0, 0.1) is 6.92 Å². The van der Waals surface area contributed by atoms with E-state index in [2.05, 4.69) is 17.4 Å².